The van der Waals surface area contributed by atoms with Crippen LogP contribution < -0.4 is 10.1 Å². The minimum absolute atomic E-state index is 0.0164. The molecule has 0 saturated carbocycles. The topological polar surface area (TPSA) is 71.5 Å². The van der Waals surface area contributed by atoms with Crippen molar-refractivity contribution in [3.8, 4) is 16.2 Å². The van der Waals surface area contributed by atoms with Gasteiger partial charge in [0.2, 0.25) is 5.91 Å². The molecule has 1 aliphatic rings. The molecule has 3 rings (SSSR count). The normalized spacial score (nSPS) is 17.2. The summed E-state index contributed by atoms with van der Waals surface area (Å²) < 4.78 is 5.60. The van der Waals surface area contributed by atoms with Crippen molar-refractivity contribution in [2.24, 2.45) is 0 Å². The molecular formula is C19H23N3O3S. The molecule has 1 saturated heterocycles. The quantitative estimate of drug-likeness (QED) is 0.755. The summed E-state index contributed by atoms with van der Waals surface area (Å²) in [4.78, 5) is 30.6. The van der Waals surface area contributed by atoms with Crippen LogP contribution >= 0.6 is 11.3 Å². The number of carbonyl (C=O) groups is 2. The molecule has 1 N–H and O–H groups in total. The van der Waals surface area contributed by atoms with Crippen molar-refractivity contribution < 1.29 is 14.3 Å². The van der Waals surface area contributed by atoms with Gasteiger partial charge in [0.15, 0.2) is 6.29 Å². The molecule has 0 spiro atoms. The first-order valence-corrected chi connectivity index (χ1v) is 9.56. The third-order valence-corrected chi connectivity index (χ3v) is 5.64. The lowest BCUT2D eigenvalue weighted by Gasteiger charge is -2.19. The SMILES string of the molecule is Cc1ncsc1-c1ccc(CNC(=O)C2CCCN2C)c(OCC=O)c1. The standard InChI is InChI=1S/C19H23N3O3S/c1-13-18(26-12-21-13)14-5-6-15(17(10-14)25-9-8-23)11-20-19(24)16-4-3-7-22(16)2/h5-6,8,10,12,16H,3-4,7,9,11H2,1-2H3,(H,20,24). The van der Waals surface area contributed by atoms with Gasteiger partial charge in [0.25, 0.3) is 0 Å². The van der Waals surface area contributed by atoms with Crippen LogP contribution in [0.5, 0.6) is 5.75 Å². The number of aromatic nitrogens is 1. The Kier molecular flexibility index (Phi) is 6.00. The highest BCUT2D eigenvalue weighted by Crippen LogP contribution is 2.32. The molecule has 0 bridgehead atoms. The number of ether oxygens (including phenoxy) is 1. The van der Waals surface area contributed by atoms with Crippen molar-refractivity contribution in [1.29, 1.82) is 0 Å². The van der Waals surface area contributed by atoms with Crippen LogP contribution in [0.15, 0.2) is 23.7 Å². The third kappa shape index (κ3) is 4.11. The molecule has 1 aromatic carbocycles. The van der Waals surface area contributed by atoms with Gasteiger partial charge in [0.1, 0.15) is 12.4 Å². The summed E-state index contributed by atoms with van der Waals surface area (Å²) in [7, 11) is 1.97. The first-order valence-electron chi connectivity index (χ1n) is 8.68. The number of nitrogens with one attached hydrogen (secondary N) is 1. The lowest BCUT2D eigenvalue weighted by atomic mass is 10.1. The van der Waals surface area contributed by atoms with E-state index in [9.17, 15) is 9.59 Å². The summed E-state index contributed by atoms with van der Waals surface area (Å²) in [5.74, 6) is 0.649. The van der Waals surface area contributed by atoms with Gasteiger partial charge in [-0.25, -0.2) is 4.98 Å². The van der Waals surface area contributed by atoms with Crippen molar-refractivity contribution in [2.75, 3.05) is 20.2 Å². The van der Waals surface area contributed by atoms with Crippen molar-refractivity contribution in [1.82, 2.24) is 15.2 Å². The summed E-state index contributed by atoms with van der Waals surface area (Å²) in [6.07, 6.45) is 2.66. The van der Waals surface area contributed by atoms with E-state index in [0.29, 0.717) is 12.3 Å². The molecule has 1 unspecified atom stereocenters. The van der Waals surface area contributed by atoms with Crippen molar-refractivity contribution in [2.45, 2.75) is 32.4 Å². The van der Waals surface area contributed by atoms with E-state index < -0.39 is 0 Å². The van der Waals surface area contributed by atoms with Crippen LogP contribution in [0, 0.1) is 6.92 Å². The number of nitrogens with zero attached hydrogens (tertiary/aromatic N) is 2. The second-order valence-corrected chi connectivity index (χ2v) is 7.28. The predicted molar refractivity (Wildman–Crippen MR) is 101 cm³/mol. The van der Waals surface area contributed by atoms with E-state index >= 15 is 0 Å². The van der Waals surface area contributed by atoms with Crippen LogP contribution in [-0.4, -0.2) is 48.3 Å². The summed E-state index contributed by atoms with van der Waals surface area (Å²) in [5, 5.41) is 3.00. The molecule has 2 heterocycles. The van der Waals surface area contributed by atoms with Crippen LogP contribution in [0.3, 0.4) is 0 Å². The van der Waals surface area contributed by atoms with Crippen LogP contribution in [0.2, 0.25) is 0 Å². The predicted octanol–water partition coefficient (Wildman–Crippen LogP) is 2.41. The molecule has 1 aliphatic heterocycles. The molecular weight excluding hydrogens is 350 g/mol. The Bertz CT molecular complexity index is 790. The highest BCUT2D eigenvalue weighted by molar-refractivity contribution is 7.13. The molecule has 138 valence electrons. The molecule has 0 radical (unpaired) electrons. The van der Waals surface area contributed by atoms with Crippen LogP contribution in [-0.2, 0) is 16.1 Å². The van der Waals surface area contributed by atoms with E-state index in [1.807, 2.05) is 37.7 Å². The Morgan fingerprint density at radius 1 is 1.50 bits per heavy atom. The second-order valence-electron chi connectivity index (χ2n) is 6.42. The van der Waals surface area contributed by atoms with Gasteiger partial charge in [-0.2, -0.15) is 0 Å². The molecule has 1 fully saturated rings. The summed E-state index contributed by atoms with van der Waals surface area (Å²) in [6, 6.07) is 5.78. The van der Waals surface area contributed by atoms with Crippen LogP contribution in [0.25, 0.3) is 10.4 Å². The van der Waals surface area contributed by atoms with Crippen LogP contribution in [0.1, 0.15) is 24.1 Å². The van der Waals surface area contributed by atoms with Gasteiger partial charge < -0.3 is 10.1 Å². The molecule has 1 aromatic heterocycles. The zero-order chi connectivity index (χ0) is 18.5. The maximum atomic E-state index is 12.4. The molecule has 1 amide bonds. The Morgan fingerprint density at radius 3 is 3.00 bits per heavy atom. The minimum Gasteiger partial charge on any atom is -0.486 e. The largest absolute Gasteiger partial charge is 0.486 e. The van der Waals surface area contributed by atoms with Crippen molar-refractivity contribution in [3.63, 3.8) is 0 Å². The molecule has 6 nitrogen and oxygen atoms in total. The van der Waals surface area contributed by atoms with Gasteiger partial charge in [-0.05, 0) is 45.0 Å². The van der Waals surface area contributed by atoms with Gasteiger partial charge in [-0.1, -0.05) is 12.1 Å². The lowest BCUT2D eigenvalue weighted by molar-refractivity contribution is -0.125. The number of benzene rings is 1. The van der Waals surface area contributed by atoms with Gasteiger partial charge in [-0.15, -0.1) is 11.3 Å². The molecule has 2 aromatic rings. The number of aryl methyl sites for hydroxylation is 1. The number of likely N-dealkylation sites (N-methyl/N-ethyl adjacent to an activating group) is 1. The third-order valence-electron chi connectivity index (χ3n) is 4.66. The molecule has 26 heavy (non-hydrogen) atoms. The van der Waals surface area contributed by atoms with E-state index in [2.05, 4.69) is 15.2 Å². The number of likely N-dealkylation sites (tertiary alicyclic amines) is 1. The van der Waals surface area contributed by atoms with Gasteiger partial charge in [0.05, 0.1) is 22.1 Å². The average molecular weight is 373 g/mol. The Hall–Kier alpha value is -2.25. The highest BCUT2D eigenvalue weighted by Gasteiger charge is 2.27. The van der Waals surface area contributed by atoms with E-state index in [1.165, 1.54) is 0 Å². The number of amides is 1. The zero-order valence-electron chi connectivity index (χ0n) is 15.0. The van der Waals surface area contributed by atoms with Crippen molar-refractivity contribution in [3.05, 3.63) is 35.0 Å². The number of carbonyl (C=O) groups excluding carboxylic acids is 2. The minimum atomic E-state index is -0.0616. The summed E-state index contributed by atoms with van der Waals surface area (Å²) in [6.45, 7) is 3.27. The van der Waals surface area contributed by atoms with Gasteiger partial charge >= 0.3 is 0 Å². The first-order chi connectivity index (χ1) is 12.6. The highest BCUT2D eigenvalue weighted by atomic mass is 32.1. The van der Waals surface area contributed by atoms with E-state index in [-0.39, 0.29) is 18.6 Å². The second kappa shape index (κ2) is 8.42. The fourth-order valence-electron chi connectivity index (χ4n) is 3.22. The van der Waals surface area contributed by atoms with Crippen LogP contribution in [0.4, 0.5) is 0 Å². The number of hydrogen-bond donors (Lipinski definition) is 1. The summed E-state index contributed by atoms with van der Waals surface area (Å²) in [5.41, 5.74) is 4.62. The Labute approximate surface area is 157 Å². The molecule has 7 heteroatoms. The first kappa shape index (κ1) is 18.5. The molecule has 1 atom stereocenters. The van der Waals surface area contributed by atoms with E-state index in [0.717, 1.165) is 47.4 Å². The number of aldehydes is 1. The van der Waals surface area contributed by atoms with E-state index in [1.54, 1.807) is 11.3 Å². The maximum Gasteiger partial charge on any atom is 0.237 e. The number of thiazole rings is 1. The maximum absolute atomic E-state index is 12.4. The fraction of sp³-hybridized carbons (Fsp3) is 0.421. The average Bonchev–Trinajstić information content (AvgIpc) is 3.26. The van der Waals surface area contributed by atoms with Crippen molar-refractivity contribution >= 4 is 23.5 Å². The smallest absolute Gasteiger partial charge is 0.237 e. The zero-order valence-corrected chi connectivity index (χ0v) is 15.8. The van der Waals surface area contributed by atoms with E-state index in [4.69, 9.17) is 4.74 Å². The Balaban J connectivity index is 1.76. The fourth-order valence-corrected chi connectivity index (χ4v) is 4.02. The number of rotatable bonds is 7. The van der Waals surface area contributed by atoms with Gasteiger partial charge in [-0.3, -0.25) is 14.5 Å². The monoisotopic (exact) mass is 373 g/mol. The van der Waals surface area contributed by atoms with Gasteiger partial charge in [0, 0.05) is 12.1 Å². The lowest BCUT2D eigenvalue weighted by Crippen LogP contribution is -2.41. The summed E-state index contributed by atoms with van der Waals surface area (Å²) >= 11 is 1.56. The number of hydrogen-bond acceptors (Lipinski definition) is 6. The Morgan fingerprint density at radius 2 is 2.35 bits per heavy atom. The molecule has 0 aliphatic carbocycles.